The molecule has 0 fully saturated rings. The van der Waals surface area contributed by atoms with Crippen molar-refractivity contribution >= 4 is 26.9 Å². The van der Waals surface area contributed by atoms with Crippen molar-refractivity contribution in [3.8, 4) is 0 Å². The lowest BCUT2D eigenvalue weighted by Gasteiger charge is -2.05. The summed E-state index contributed by atoms with van der Waals surface area (Å²) in [5, 5.41) is -0.165. The summed E-state index contributed by atoms with van der Waals surface area (Å²) in [6.07, 6.45) is 0. The molecule has 0 saturated carbocycles. The molecule has 20 heavy (non-hydrogen) atoms. The number of hydrogen-bond donors (Lipinski definition) is 1. The van der Waals surface area contributed by atoms with E-state index in [-0.39, 0.29) is 15.9 Å². The van der Waals surface area contributed by atoms with Gasteiger partial charge in [0, 0.05) is 5.56 Å². The van der Waals surface area contributed by atoms with Crippen molar-refractivity contribution in [2.24, 2.45) is 0 Å². The van der Waals surface area contributed by atoms with Crippen LogP contribution in [-0.4, -0.2) is 19.4 Å². The highest BCUT2D eigenvalue weighted by Gasteiger charge is 2.14. The molecule has 104 valence electrons. The third-order valence-electron chi connectivity index (χ3n) is 2.52. The number of sulfonamides is 1. The second-order valence-corrected chi connectivity index (χ2v) is 6.62. The minimum Gasteiger partial charge on any atom is -0.282 e. The van der Waals surface area contributed by atoms with Crippen LogP contribution < -0.4 is 4.72 Å². The van der Waals surface area contributed by atoms with Crippen LogP contribution in [0.5, 0.6) is 0 Å². The summed E-state index contributed by atoms with van der Waals surface area (Å²) >= 11 is 0.922. The van der Waals surface area contributed by atoms with Gasteiger partial charge < -0.3 is 0 Å². The molecule has 2 aromatic carbocycles. The van der Waals surface area contributed by atoms with Gasteiger partial charge in [-0.05, 0) is 12.1 Å². The number of carbonyl (C=O) groups excluding carboxylic acids is 1. The van der Waals surface area contributed by atoms with E-state index in [9.17, 15) is 13.2 Å². The van der Waals surface area contributed by atoms with Gasteiger partial charge in [-0.15, -0.1) is 0 Å². The fourth-order valence-corrected chi connectivity index (χ4v) is 3.49. The fraction of sp³-hybridized carbons (Fsp3) is 0.0714. The van der Waals surface area contributed by atoms with Gasteiger partial charge in [0.2, 0.25) is 15.1 Å². The number of thioether (sulfide) groups is 1. The quantitative estimate of drug-likeness (QED) is 0.862. The maximum atomic E-state index is 11.9. The molecule has 2 rings (SSSR count). The van der Waals surface area contributed by atoms with E-state index in [1.807, 2.05) is 6.07 Å². The summed E-state index contributed by atoms with van der Waals surface area (Å²) in [5.74, 6) is 0.00492. The van der Waals surface area contributed by atoms with Crippen molar-refractivity contribution in [2.45, 2.75) is 4.90 Å². The lowest BCUT2D eigenvalue weighted by Crippen LogP contribution is -2.23. The van der Waals surface area contributed by atoms with Crippen molar-refractivity contribution in [3.05, 3.63) is 66.2 Å². The average Bonchev–Trinajstić information content (AvgIpc) is 2.49. The molecule has 0 aliphatic carbocycles. The van der Waals surface area contributed by atoms with Crippen LogP contribution in [0.15, 0.2) is 65.6 Å². The van der Waals surface area contributed by atoms with Gasteiger partial charge in [0.15, 0.2) is 0 Å². The number of carbonyl (C=O) groups is 1. The summed E-state index contributed by atoms with van der Waals surface area (Å²) in [4.78, 5) is 12.0. The molecule has 0 heterocycles. The summed E-state index contributed by atoms with van der Waals surface area (Å²) in [6, 6.07) is 16.8. The second kappa shape index (κ2) is 6.69. The molecule has 0 amide bonds. The zero-order chi connectivity index (χ0) is 14.4. The van der Waals surface area contributed by atoms with Crippen LogP contribution in [0.1, 0.15) is 10.4 Å². The molecule has 0 aliphatic heterocycles. The summed E-state index contributed by atoms with van der Waals surface area (Å²) in [7, 11) is -3.56. The predicted octanol–water partition coefficient (Wildman–Crippen LogP) is 2.50. The number of rotatable bonds is 5. The van der Waals surface area contributed by atoms with Gasteiger partial charge in [-0.25, -0.2) is 13.1 Å². The molecule has 0 aromatic heterocycles. The summed E-state index contributed by atoms with van der Waals surface area (Å²) < 4.78 is 26.2. The summed E-state index contributed by atoms with van der Waals surface area (Å²) in [5.41, 5.74) is 0.552. The van der Waals surface area contributed by atoms with Gasteiger partial charge in [0.1, 0.15) is 0 Å². The van der Waals surface area contributed by atoms with Gasteiger partial charge in [0.05, 0.1) is 10.8 Å². The Morgan fingerprint density at radius 1 is 0.950 bits per heavy atom. The minimum atomic E-state index is -3.56. The van der Waals surface area contributed by atoms with E-state index in [4.69, 9.17) is 0 Å². The molecule has 0 bridgehead atoms. The minimum absolute atomic E-state index is 0.00492. The second-order valence-electron chi connectivity index (χ2n) is 3.90. The van der Waals surface area contributed by atoms with Crippen LogP contribution in [0.4, 0.5) is 0 Å². The molecule has 0 atom stereocenters. The molecule has 0 spiro atoms. The van der Waals surface area contributed by atoms with Crippen molar-refractivity contribution in [1.82, 2.24) is 4.72 Å². The highest BCUT2D eigenvalue weighted by Crippen LogP contribution is 2.13. The molecule has 0 aliphatic rings. The molecule has 2 aromatic rings. The van der Waals surface area contributed by atoms with Crippen LogP contribution >= 0.6 is 11.8 Å². The first kappa shape index (κ1) is 14.8. The Labute approximate surface area is 122 Å². The van der Waals surface area contributed by atoms with E-state index < -0.39 is 10.0 Å². The largest absolute Gasteiger partial charge is 0.282 e. The first-order valence-corrected chi connectivity index (χ1v) is 8.33. The van der Waals surface area contributed by atoms with E-state index in [1.54, 1.807) is 42.5 Å². The third-order valence-corrected chi connectivity index (χ3v) is 4.90. The van der Waals surface area contributed by atoms with E-state index in [0.717, 1.165) is 11.8 Å². The van der Waals surface area contributed by atoms with E-state index in [1.165, 1.54) is 12.1 Å². The number of hydrogen-bond acceptors (Lipinski definition) is 4. The Kier molecular flexibility index (Phi) is 4.94. The molecule has 1 N–H and O–H groups in total. The van der Waals surface area contributed by atoms with Gasteiger partial charge in [0.25, 0.3) is 0 Å². The Balaban J connectivity index is 1.92. The van der Waals surface area contributed by atoms with E-state index >= 15 is 0 Å². The Bertz CT molecular complexity index is 670. The normalized spacial score (nSPS) is 11.2. The predicted molar refractivity (Wildman–Crippen MR) is 80.0 cm³/mol. The van der Waals surface area contributed by atoms with Crippen molar-refractivity contribution in [1.29, 1.82) is 0 Å². The van der Waals surface area contributed by atoms with Crippen molar-refractivity contribution in [2.75, 3.05) is 5.88 Å². The molecular weight excluding hydrogens is 294 g/mol. The Morgan fingerprint density at radius 3 is 2.10 bits per heavy atom. The SMILES string of the molecule is O=C(SCNS(=O)(=O)c1ccccc1)c1ccccc1. The van der Waals surface area contributed by atoms with Crippen LogP contribution in [0.2, 0.25) is 0 Å². The van der Waals surface area contributed by atoms with Gasteiger partial charge in [-0.3, -0.25) is 4.79 Å². The number of nitrogens with one attached hydrogen (secondary N) is 1. The van der Waals surface area contributed by atoms with Gasteiger partial charge >= 0.3 is 0 Å². The molecular formula is C14H13NO3S2. The average molecular weight is 307 g/mol. The highest BCUT2D eigenvalue weighted by molar-refractivity contribution is 8.14. The van der Waals surface area contributed by atoms with E-state index in [2.05, 4.69) is 4.72 Å². The van der Waals surface area contributed by atoms with Crippen LogP contribution in [0.3, 0.4) is 0 Å². The Hall–Kier alpha value is -1.63. The first-order chi connectivity index (χ1) is 9.59. The Morgan fingerprint density at radius 2 is 1.50 bits per heavy atom. The standard InChI is InChI=1S/C14H13NO3S2/c16-14(12-7-3-1-4-8-12)19-11-15-20(17,18)13-9-5-2-6-10-13/h1-10,15H,11H2. The zero-order valence-electron chi connectivity index (χ0n) is 10.5. The molecule has 0 saturated heterocycles. The molecule has 6 heteroatoms. The van der Waals surface area contributed by atoms with Crippen molar-refractivity contribution in [3.63, 3.8) is 0 Å². The fourth-order valence-electron chi connectivity index (χ4n) is 1.51. The topological polar surface area (TPSA) is 63.2 Å². The first-order valence-electron chi connectivity index (χ1n) is 5.86. The lowest BCUT2D eigenvalue weighted by molar-refractivity contribution is 0.108. The molecule has 0 radical (unpaired) electrons. The summed E-state index contributed by atoms with van der Waals surface area (Å²) in [6.45, 7) is 0. The van der Waals surface area contributed by atoms with Gasteiger partial charge in [-0.2, -0.15) is 0 Å². The number of benzene rings is 2. The maximum Gasteiger partial charge on any atom is 0.241 e. The smallest absolute Gasteiger partial charge is 0.241 e. The molecule has 4 nitrogen and oxygen atoms in total. The molecule has 0 unspecified atom stereocenters. The van der Waals surface area contributed by atoms with E-state index in [0.29, 0.717) is 5.56 Å². The zero-order valence-corrected chi connectivity index (χ0v) is 12.2. The van der Waals surface area contributed by atoms with Crippen LogP contribution in [-0.2, 0) is 10.0 Å². The maximum absolute atomic E-state index is 11.9. The van der Waals surface area contributed by atoms with Gasteiger partial charge in [-0.1, -0.05) is 60.3 Å². The van der Waals surface area contributed by atoms with Crippen LogP contribution in [0, 0.1) is 0 Å². The van der Waals surface area contributed by atoms with Crippen molar-refractivity contribution < 1.29 is 13.2 Å². The monoisotopic (exact) mass is 307 g/mol. The highest BCUT2D eigenvalue weighted by atomic mass is 32.2. The van der Waals surface area contributed by atoms with Crippen LogP contribution in [0.25, 0.3) is 0 Å². The lowest BCUT2D eigenvalue weighted by atomic mass is 10.2. The third kappa shape index (κ3) is 3.93.